The largest absolute Gasteiger partial charge is 0.459 e. The van der Waals surface area contributed by atoms with E-state index in [-0.39, 0.29) is 12.0 Å². The highest BCUT2D eigenvalue weighted by Gasteiger charge is 2.46. The van der Waals surface area contributed by atoms with E-state index in [0.29, 0.717) is 18.0 Å². The number of likely N-dealkylation sites (tertiary alicyclic amines) is 1. The van der Waals surface area contributed by atoms with Gasteiger partial charge in [0.2, 0.25) is 0 Å². The molecule has 3 atom stereocenters. The Morgan fingerprint density at radius 3 is 2.68 bits per heavy atom. The normalized spacial score (nSPS) is 27.5. The van der Waals surface area contributed by atoms with Gasteiger partial charge >= 0.3 is 5.97 Å². The standard InChI is InChI=1S/C20H33N3O2/c1-14(2)23-11-10-16(21-23)13-22-17-9-7-6-8-15(17)12-18(22)19(24)25-20(3,4)5/h10-11,14-15,17-18H,6-9,12-13H2,1-5H3. The maximum Gasteiger partial charge on any atom is 0.323 e. The molecular weight excluding hydrogens is 314 g/mol. The lowest BCUT2D eigenvalue weighted by Gasteiger charge is -2.33. The molecule has 3 rings (SSSR count). The van der Waals surface area contributed by atoms with Gasteiger partial charge in [0.05, 0.1) is 5.69 Å². The highest BCUT2D eigenvalue weighted by atomic mass is 16.6. The minimum absolute atomic E-state index is 0.0646. The van der Waals surface area contributed by atoms with Crippen molar-refractivity contribution in [3.05, 3.63) is 18.0 Å². The number of esters is 1. The number of rotatable bonds is 4. The summed E-state index contributed by atoms with van der Waals surface area (Å²) in [4.78, 5) is 15.2. The van der Waals surface area contributed by atoms with Gasteiger partial charge in [0.25, 0.3) is 0 Å². The summed E-state index contributed by atoms with van der Waals surface area (Å²) in [6.45, 7) is 10.8. The van der Waals surface area contributed by atoms with E-state index < -0.39 is 5.60 Å². The summed E-state index contributed by atoms with van der Waals surface area (Å²) in [6.07, 6.45) is 7.95. The van der Waals surface area contributed by atoms with E-state index in [0.717, 1.165) is 18.7 Å². The number of hydrogen-bond acceptors (Lipinski definition) is 4. The van der Waals surface area contributed by atoms with Crippen molar-refractivity contribution in [2.24, 2.45) is 5.92 Å². The lowest BCUT2D eigenvalue weighted by Crippen LogP contribution is -2.44. The van der Waals surface area contributed by atoms with Crippen LogP contribution in [0.3, 0.4) is 0 Å². The predicted molar refractivity (Wildman–Crippen MR) is 98.2 cm³/mol. The van der Waals surface area contributed by atoms with E-state index in [9.17, 15) is 4.79 Å². The third-order valence-electron chi connectivity index (χ3n) is 5.44. The van der Waals surface area contributed by atoms with Gasteiger partial charge < -0.3 is 4.74 Å². The van der Waals surface area contributed by atoms with Crippen molar-refractivity contribution >= 4 is 5.97 Å². The summed E-state index contributed by atoms with van der Waals surface area (Å²) in [5.74, 6) is 0.559. The Morgan fingerprint density at radius 2 is 2.04 bits per heavy atom. The first kappa shape index (κ1) is 18.4. The van der Waals surface area contributed by atoms with E-state index in [2.05, 4.69) is 24.8 Å². The quantitative estimate of drug-likeness (QED) is 0.774. The van der Waals surface area contributed by atoms with Gasteiger partial charge in [-0.25, -0.2) is 0 Å². The molecule has 0 bridgehead atoms. The van der Waals surface area contributed by atoms with E-state index in [1.807, 2.05) is 31.6 Å². The van der Waals surface area contributed by atoms with Gasteiger partial charge in [-0.2, -0.15) is 5.10 Å². The fourth-order valence-electron chi connectivity index (χ4n) is 4.32. The van der Waals surface area contributed by atoms with Crippen LogP contribution in [0, 0.1) is 5.92 Å². The molecule has 5 heteroatoms. The van der Waals surface area contributed by atoms with Crippen molar-refractivity contribution in [1.82, 2.24) is 14.7 Å². The summed E-state index contributed by atoms with van der Waals surface area (Å²) in [5, 5.41) is 4.70. The van der Waals surface area contributed by atoms with Gasteiger partial charge in [-0.1, -0.05) is 12.8 Å². The van der Waals surface area contributed by atoms with Gasteiger partial charge in [-0.15, -0.1) is 0 Å². The van der Waals surface area contributed by atoms with Gasteiger partial charge in [0.1, 0.15) is 11.6 Å². The SMILES string of the molecule is CC(C)n1ccc(CN2C(C(=O)OC(C)(C)C)CC3CCCCC32)n1. The highest BCUT2D eigenvalue weighted by molar-refractivity contribution is 5.76. The lowest BCUT2D eigenvalue weighted by molar-refractivity contribution is -0.161. The summed E-state index contributed by atoms with van der Waals surface area (Å²) >= 11 is 0. The number of aromatic nitrogens is 2. The number of nitrogens with zero attached hydrogens (tertiary/aromatic N) is 3. The molecule has 1 aromatic heterocycles. The number of carbonyl (C=O) groups is 1. The van der Waals surface area contributed by atoms with Gasteiger partial charge in [-0.3, -0.25) is 14.4 Å². The maximum absolute atomic E-state index is 12.8. The Hall–Kier alpha value is -1.36. The van der Waals surface area contributed by atoms with Gasteiger partial charge in [0, 0.05) is 24.8 Å². The molecule has 5 nitrogen and oxygen atoms in total. The fraction of sp³-hybridized carbons (Fsp3) is 0.800. The second kappa shape index (κ2) is 7.10. The molecule has 1 aliphatic carbocycles. The molecule has 0 aromatic carbocycles. The van der Waals surface area contributed by atoms with Crippen molar-refractivity contribution in [2.45, 2.75) is 97.0 Å². The minimum atomic E-state index is -0.435. The molecule has 2 aliphatic rings. The van der Waals surface area contributed by atoms with Crippen LogP contribution in [0.1, 0.15) is 78.5 Å². The first-order chi connectivity index (χ1) is 11.7. The topological polar surface area (TPSA) is 47.4 Å². The molecule has 3 unspecified atom stereocenters. The Bertz CT molecular complexity index is 602. The smallest absolute Gasteiger partial charge is 0.323 e. The molecular formula is C20H33N3O2. The van der Waals surface area contributed by atoms with Crippen molar-refractivity contribution in [3.63, 3.8) is 0 Å². The highest BCUT2D eigenvalue weighted by Crippen LogP contribution is 2.41. The van der Waals surface area contributed by atoms with Crippen LogP contribution < -0.4 is 0 Å². The molecule has 0 N–H and O–H groups in total. The lowest BCUT2D eigenvalue weighted by atomic mass is 9.85. The van der Waals surface area contributed by atoms with Crippen LogP contribution in [0.15, 0.2) is 12.3 Å². The Kier molecular flexibility index (Phi) is 5.24. The van der Waals surface area contributed by atoms with Crippen LogP contribution in [0.2, 0.25) is 0 Å². The van der Waals surface area contributed by atoms with E-state index in [1.54, 1.807) is 0 Å². The zero-order valence-corrected chi connectivity index (χ0v) is 16.4. The summed E-state index contributed by atoms with van der Waals surface area (Å²) in [6, 6.07) is 2.81. The molecule has 1 aliphatic heterocycles. The van der Waals surface area contributed by atoms with E-state index >= 15 is 0 Å². The fourth-order valence-corrected chi connectivity index (χ4v) is 4.32. The number of fused-ring (bicyclic) bond motifs is 1. The van der Waals surface area contributed by atoms with Crippen molar-refractivity contribution < 1.29 is 9.53 Å². The van der Waals surface area contributed by atoms with Crippen LogP contribution >= 0.6 is 0 Å². The third-order valence-corrected chi connectivity index (χ3v) is 5.44. The summed E-state index contributed by atoms with van der Waals surface area (Å²) < 4.78 is 7.73. The van der Waals surface area contributed by atoms with Crippen molar-refractivity contribution in [3.8, 4) is 0 Å². The maximum atomic E-state index is 12.8. The molecule has 0 amide bonds. The molecule has 0 spiro atoms. The summed E-state index contributed by atoms with van der Waals surface area (Å²) in [7, 11) is 0. The molecule has 1 aromatic rings. The van der Waals surface area contributed by atoms with Crippen LogP contribution in [0.4, 0.5) is 0 Å². The van der Waals surface area contributed by atoms with Crippen molar-refractivity contribution in [2.75, 3.05) is 0 Å². The average Bonchev–Trinajstić information content (AvgIpc) is 3.11. The Morgan fingerprint density at radius 1 is 1.32 bits per heavy atom. The molecule has 140 valence electrons. The molecule has 1 saturated heterocycles. The molecule has 0 radical (unpaired) electrons. The van der Waals surface area contributed by atoms with Gasteiger partial charge in [0.15, 0.2) is 0 Å². The minimum Gasteiger partial charge on any atom is -0.459 e. The Labute approximate surface area is 151 Å². The average molecular weight is 348 g/mol. The summed E-state index contributed by atoms with van der Waals surface area (Å²) in [5.41, 5.74) is 0.615. The second-order valence-corrected chi connectivity index (χ2v) is 8.95. The Balaban J connectivity index is 1.78. The third kappa shape index (κ3) is 4.25. The van der Waals surface area contributed by atoms with Crippen molar-refractivity contribution in [1.29, 1.82) is 0 Å². The zero-order valence-electron chi connectivity index (χ0n) is 16.4. The zero-order chi connectivity index (χ0) is 18.2. The van der Waals surface area contributed by atoms with Crippen LogP contribution in [0.25, 0.3) is 0 Å². The monoisotopic (exact) mass is 347 g/mol. The first-order valence-corrected chi connectivity index (χ1v) is 9.77. The second-order valence-electron chi connectivity index (χ2n) is 8.95. The van der Waals surface area contributed by atoms with Crippen LogP contribution in [-0.2, 0) is 16.1 Å². The van der Waals surface area contributed by atoms with Gasteiger partial charge in [-0.05, 0) is 65.9 Å². The predicted octanol–water partition coefficient (Wildman–Crippen LogP) is 3.94. The molecule has 1 saturated carbocycles. The molecule has 25 heavy (non-hydrogen) atoms. The van der Waals surface area contributed by atoms with Crippen LogP contribution in [-0.4, -0.2) is 38.3 Å². The van der Waals surface area contributed by atoms with E-state index in [1.165, 1.54) is 25.7 Å². The van der Waals surface area contributed by atoms with Crippen LogP contribution in [0.5, 0.6) is 0 Å². The number of hydrogen-bond donors (Lipinski definition) is 0. The molecule has 2 heterocycles. The number of carbonyl (C=O) groups excluding carboxylic acids is 1. The number of ether oxygens (including phenoxy) is 1. The van der Waals surface area contributed by atoms with E-state index in [4.69, 9.17) is 9.84 Å². The molecule has 2 fully saturated rings. The first-order valence-electron chi connectivity index (χ1n) is 9.77.